The molecule has 0 atom stereocenters. The van der Waals surface area contributed by atoms with Crippen LogP contribution >= 0.6 is 0 Å². The summed E-state index contributed by atoms with van der Waals surface area (Å²) in [5.74, 6) is 0. The third kappa shape index (κ3) is 40.7. The summed E-state index contributed by atoms with van der Waals surface area (Å²) in [5, 5.41) is 8.49. The quantitative estimate of drug-likeness (QED) is 0.0648. The summed E-state index contributed by atoms with van der Waals surface area (Å²) in [6.45, 7) is 63.7. The van der Waals surface area contributed by atoms with Gasteiger partial charge >= 0.3 is 0 Å². The number of hydrogen-bond donors (Lipinski definition) is 0. The van der Waals surface area contributed by atoms with Crippen LogP contribution < -0.4 is 0 Å². The van der Waals surface area contributed by atoms with Crippen molar-refractivity contribution in [3.05, 3.63) is 60.5 Å². The lowest BCUT2D eigenvalue weighted by Gasteiger charge is -2.25. The van der Waals surface area contributed by atoms with Gasteiger partial charge in [0.25, 0.3) is 0 Å². The minimum absolute atomic E-state index is 0.183. The Labute approximate surface area is 386 Å². The van der Waals surface area contributed by atoms with Gasteiger partial charge < -0.3 is 18.9 Å². The second-order valence-corrected chi connectivity index (χ2v) is 24.2. The molecule has 0 unspecified atom stereocenters. The normalized spacial score (nSPS) is 12.6. The van der Waals surface area contributed by atoms with Crippen LogP contribution in [0.4, 0.5) is 0 Å². The SMILES string of the molecule is C=C(CCC(C)(C)C)C(C)(C)C.C=C(CCCOCCC(C)(C)C)CCc1cn(CCOCCCC(=C)C(C)(C)C)nn1.C=C(CCCOCCOCCC(C)(C)C)C(C)(C)C. The molecular weight excluding hydrogens is 767 g/mol. The van der Waals surface area contributed by atoms with Crippen molar-refractivity contribution in [1.29, 1.82) is 0 Å². The maximum absolute atomic E-state index is 5.74. The van der Waals surface area contributed by atoms with Gasteiger partial charge in [-0.2, -0.15) is 0 Å². The molecule has 1 aromatic heterocycles. The van der Waals surface area contributed by atoms with E-state index in [1.54, 1.807) is 0 Å². The van der Waals surface area contributed by atoms with Gasteiger partial charge in [0, 0.05) is 39.2 Å². The van der Waals surface area contributed by atoms with Gasteiger partial charge in [-0.3, -0.25) is 0 Å². The summed E-state index contributed by atoms with van der Waals surface area (Å²) in [4.78, 5) is 0. The van der Waals surface area contributed by atoms with Crippen molar-refractivity contribution in [2.24, 2.45) is 32.5 Å². The average molecular weight is 872 g/mol. The van der Waals surface area contributed by atoms with Crippen LogP contribution in [0.5, 0.6) is 0 Å². The lowest BCUT2D eigenvalue weighted by atomic mass is 9.80. The molecule has 0 fully saturated rings. The number of ether oxygens (including phenoxy) is 4. The van der Waals surface area contributed by atoms with Crippen molar-refractivity contribution in [3.63, 3.8) is 0 Å². The van der Waals surface area contributed by atoms with Crippen molar-refractivity contribution in [1.82, 2.24) is 15.0 Å². The zero-order valence-corrected chi connectivity index (χ0v) is 44.7. The van der Waals surface area contributed by atoms with E-state index in [1.807, 2.05) is 10.9 Å². The van der Waals surface area contributed by atoms with E-state index in [0.717, 1.165) is 116 Å². The fourth-order valence-electron chi connectivity index (χ4n) is 5.28. The van der Waals surface area contributed by atoms with Gasteiger partial charge in [-0.15, -0.1) is 5.10 Å². The Balaban J connectivity index is 0. The fraction of sp³-hybridized carbons (Fsp3) is 0.818. The highest BCUT2D eigenvalue weighted by atomic mass is 16.5. The van der Waals surface area contributed by atoms with Gasteiger partial charge in [-0.1, -0.05) is 178 Å². The van der Waals surface area contributed by atoms with E-state index in [2.05, 4.69) is 161 Å². The summed E-state index contributed by atoms with van der Waals surface area (Å²) in [6.07, 6.45) is 14.6. The molecule has 0 aliphatic heterocycles. The number of aryl methyl sites for hydroxylation is 1. The number of hydrogen-bond acceptors (Lipinski definition) is 6. The summed E-state index contributed by atoms with van der Waals surface area (Å²) in [6, 6.07) is 0. The Morgan fingerprint density at radius 1 is 0.452 bits per heavy atom. The van der Waals surface area contributed by atoms with E-state index in [4.69, 9.17) is 18.9 Å². The first-order valence-electron chi connectivity index (χ1n) is 24.1. The molecule has 0 saturated carbocycles. The van der Waals surface area contributed by atoms with Gasteiger partial charge in [0.15, 0.2) is 0 Å². The molecule has 0 aliphatic carbocycles. The first-order valence-corrected chi connectivity index (χ1v) is 24.1. The molecule has 1 heterocycles. The van der Waals surface area contributed by atoms with Crippen molar-refractivity contribution in [3.8, 4) is 0 Å². The van der Waals surface area contributed by atoms with Crippen molar-refractivity contribution >= 4 is 0 Å². The van der Waals surface area contributed by atoms with E-state index < -0.39 is 0 Å². The second kappa shape index (κ2) is 31.0. The third-order valence-electron chi connectivity index (χ3n) is 10.9. The first-order chi connectivity index (χ1) is 28.2. The Kier molecular flexibility index (Phi) is 31.0. The van der Waals surface area contributed by atoms with E-state index in [-0.39, 0.29) is 16.2 Å². The molecule has 62 heavy (non-hydrogen) atoms. The maximum Gasteiger partial charge on any atom is 0.0830 e. The second-order valence-electron chi connectivity index (χ2n) is 24.2. The number of rotatable bonds is 27. The molecule has 0 bridgehead atoms. The van der Waals surface area contributed by atoms with Crippen LogP contribution in [0.25, 0.3) is 0 Å². The van der Waals surface area contributed by atoms with Crippen LogP contribution in [0.3, 0.4) is 0 Å². The minimum Gasteiger partial charge on any atom is -0.381 e. The largest absolute Gasteiger partial charge is 0.381 e. The average Bonchev–Trinajstić information content (AvgIpc) is 3.57. The predicted molar refractivity (Wildman–Crippen MR) is 271 cm³/mol. The Bertz CT molecular complexity index is 1350. The van der Waals surface area contributed by atoms with Crippen LogP contribution in [0, 0.1) is 32.5 Å². The van der Waals surface area contributed by atoms with Crippen LogP contribution in [-0.4, -0.2) is 67.8 Å². The summed E-state index contributed by atoms with van der Waals surface area (Å²) in [7, 11) is 0. The van der Waals surface area contributed by atoms with E-state index in [1.165, 1.54) is 28.7 Å². The molecule has 0 radical (unpaired) electrons. The highest BCUT2D eigenvalue weighted by molar-refractivity contribution is 5.06. The summed E-state index contributed by atoms with van der Waals surface area (Å²) < 4.78 is 24.5. The van der Waals surface area contributed by atoms with Crippen LogP contribution in [0.2, 0.25) is 0 Å². The minimum atomic E-state index is 0.183. The number of nitrogens with zero attached hydrogens (tertiary/aromatic N) is 3. The molecule has 0 aromatic carbocycles. The summed E-state index contributed by atoms with van der Waals surface area (Å²) >= 11 is 0. The van der Waals surface area contributed by atoms with Crippen LogP contribution in [0.15, 0.2) is 54.8 Å². The lowest BCUT2D eigenvalue weighted by molar-refractivity contribution is 0.0379. The zero-order valence-electron chi connectivity index (χ0n) is 44.7. The highest BCUT2D eigenvalue weighted by Crippen LogP contribution is 2.32. The number of allylic oxidation sites excluding steroid dienone is 4. The summed E-state index contributed by atoms with van der Waals surface area (Å²) in [5.41, 5.74) is 8.06. The van der Waals surface area contributed by atoms with Crippen LogP contribution in [-0.2, 0) is 31.9 Å². The van der Waals surface area contributed by atoms with Crippen LogP contribution in [0.1, 0.15) is 201 Å². The molecule has 7 heteroatoms. The number of aromatic nitrogens is 3. The van der Waals surface area contributed by atoms with Crippen molar-refractivity contribution in [2.75, 3.05) is 52.9 Å². The standard InChI is InChI=1S/C26H47N3O2.C17H34O2.C12H24/c1-22(11-9-17-30-19-15-25(3,4)5)13-14-24-21-29(28-27-24)16-20-31-18-10-12-23(2)26(6,7)8;1-15(17(5,6)7)9-8-11-18-13-14-19-12-10-16(2,3)4;1-10(12(5,6)7)8-9-11(2,3)4/h21H,1-2,9-20H2,3-8H3;1,8-14H2,2-7H3;1,8-9H2,2-7H3. The molecular formula is C55H105N3O4. The third-order valence-corrected chi connectivity index (χ3v) is 10.9. The molecule has 1 rings (SSSR count). The molecule has 0 saturated heterocycles. The predicted octanol–water partition coefficient (Wildman–Crippen LogP) is 15.7. The van der Waals surface area contributed by atoms with Gasteiger partial charge in [-0.05, 0) is 110 Å². The van der Waals surface area contributed by atoms with E-state index >= 15 is 0 Å². The van der Waals surface area contributed by atoms with Crippen molar-refractivity contribution in [2.45, 2.75) is 208 Å². The fourth-order valence-corrected chi connectivity index (χ4v) is 5.28. The molecule has 364 valence electrons. The van der Waals surface area contributed by atoms with E-state index in [0.29, 0.717) is 36.1 Å². The van der Waals surface area contributed by atoms with Gasteiger partial charge in [0.2, 0.25) is 0 Å². The lowest BCUT2D eigenvalue weighted by Crippen LogP contribution is -2.12. The van der Waals surface area contributed by atoms with Gasteiger partial charge in [0.1, 0.15) is 0 Å². The Hall–Kier alpha value is -2.06. The zero-order chi connectivity index (χ0) is 48.3. The first kappa shape index (κ1) is 62.0. The van der Waals surface area contributed by atoms with Gasteiger partial charge in [-0.25, -0.2) is 4.68 Å². The monoisotopic (exact) mass is 872 g/mol. The van der Waals surface area contributed by atoms with E-state index in [9.17, 15) is 0 Å². The maximum atomic E-state index is 5.74. The Morgan fingerprint density at radius 3 is 1.24 bits per heavy atom. The topological polar surface area (TPSA) is 67.6 Å². The smallest absolute Gasteiger partial charge is 0.0830 e. The molecule has 0 N–H and O–H groups in total. The van der Waals surface area contributed by atoms with Gasteiger partial charge in [0.05, 0.1) is 32.1 Å². The molecule has 0 spiro atoms. The Morgan fingerprint density at radius 2 is 0.823 bits per heavy atom. The highest BCUT2D eigenvalue weighted by Gasteiger charge is 2.18. The molecule has 0 amide bonds. The molecule has 0 aliphatic rings. The van der Waals surface area contributed by atoms with Crippen molar-refractivity contribution < 1.29 is 18.9 Å². The molecule has 1 aromatic rings. The molecule has 7 nitrogen and oxygen atoms in total.